The molecule has 9 heteroatoms. The van der Waals surface area contributed by atoms with Gasteiger partial charge in [0.25, 0.3) is 5.69 Å². The van der Waals surface area contributed by atoms with E-state index in [4.69, 9.17) is 16.3 Å². The molecule has 0 aliphatic rings. The van der Waals surface area contributed by atoms with Gasteiger partial charge in [-0.25, -0.2) is 4.79 Å². The number of aromatic nitrogens is 1. The van der Waals surface area contributed by atoms with Gasteiger partial charge < -0.3 is 10.1 Å². The normalized spacial score (nSPS) is 10.3. The maximum absolute atomic E-state index is 12.2. The molecule has 8 nitrogen and oxygen atoms in total. The molecule has 1 N–H and O–H groups in total. The van der Waals surface area contributed by atoms with Crippen molar-refractivity contribution in [2.45, 2.75) is 13.5 Å². The van der Waals surface area contributed by atoms with E-state index in [0.29, 0.717) is 16.5 Å². The maximum atomic E-state index is 12.2. The standard InChI is InChI=1S/C21H17ClN4O4/c1-2-30-21(27)17-4-3-5-18(26(28)29)20(17)24-13-14-6-8-15(9-7-14)25-16(12-23)10-11-19(25)22/h3-11,24H,2,13H2,1H3. The maximum Gasteiger partial charge on any atom is 0.340 e. The van der Waals surface area contributed by atoms with E-state index in [-0.39, 0.29) is 30.1 Å². The Morgan fingerprint density at radius 2 is 1.97 bits per heavy atom. The first-order valence-corrected chi connectivity index (χ1v) is 9.39. The van der Waals surface area contributed by atoms with E-state index in [0.717, 1.165) is 5.56 Å². The number of hydrogen-bond acceptors (Lipinski definition) is 6. The Bertz CT molecular complexity index is 1130. The predicted octanol–water partition coefficient (Wildman–Crippen LogP) is 4.70. The van der Waals surface area contributed by atoms with Crippen LogP contribution in [-0.2, 0) is 11.3 Å². The van der Waals surface area contributed by atoms with E-state index < -0.39 is 10.9 Å². The third-order valence-electron chi connectivity index (χ3n) is 4.35. The Morgan fingerprint density at radius 1 is 1.23 bits per heavy atom. The summed E-state index contributed by atoms with van der Waals surface area (Å²) in [5.74, 6) is -0.634. The third-order valence-corrected chi connectivity index (χ3v) is 4.64. The molecule has 0 bridgehead atoms. The van der Waals surface area contributed by atoms with Crippen LogP contribution in [0.25, 0.3) is 5.69 Å². The highest BCUT2D eigenvalue weighted by molar-refractivity contribution is 6.30. The van der Waals surface area contributed by atoms with Crippen LogP contribution < -0.4 is 5.32 Å². The second-order valence-electron chi connectivity index (χ2n) is 6.19. The number of carbonyl (C=O) groups is 1. The molecule has 0 saturated carbocycles. The van der Waals surface area contributed by atoms with Gasteiger partial charge in [0.15, 0.2) is 0 Å². The highest BCUT2D eigenvalue weighted by Gasteiger charge is 2.22. The molecule has 30 heavy (non-hydrogen) atoms. The Balaban J connectivity index is 1.85. The molecule has 0 atom stereocenters. The molecule has 0 spiro atoms. The van der Waals surface area contributed by atoms with Gasteiger partial charge in [0, 0.05) is 18.3 Å². The van der Waals surface area contributed by atoms with Crippen molar-refractivity contribution in [1.82, 2.24) is 4.57 Å². The number of halogens is 1. The van der Waals surface area contributed by atoms with Crippen LogP contribution in [0.3, 0.4) is 0 Å². The van der Waals surface area contributed by atoms with Crippen molar-refractivity contribution < 1.29 is 14.5 Å². The minimum absolute atomic E-state index is 0.0976. The summed E-state index contributed by atoms with van der Waals surface area (Å²) in [5.41, 5.74) is 1.92. The van der Waals surface area contributed by atoms with Crippen LogP contribution in [0.1, 0.15) is 28.5 Å². The first kappa shape index (κ1) is 20.9. The first-order valence-electron chi connectivity index (χ1n) is 9.01. The number of rotatable bonds is 7. The number of anilines is 1. The van der Waals surface area contributed by atoms with E-state index in [1.807, 2.05) is 0 Å². The molecule has 2 aromatic carbocycles. The second-order valence-corrected chi connectivity index (χ2v) is 6.57. The number of para-hydroxylation sites is 1. The Labute approximate surface area is 177 Å². The lowest BCUT2D eigenvalue weighted by molar-refractivity contribution is -0.384. The van der Waals surface area contributed by atoms with E-state index in [2.05, 4.69) is 11.4 Å². The lowest BCUT2D eigenvalue weighted by atomic mass is 10.1. The van der Waals surface area contributed by atoms with Crippen molar-refractivity contribution >= 4 is 28.9 Å². The Hall–Kier alpha value is -3.83. The third kappa shape index (κ3) is 4.26. The predicted molar refractivity (Wildman–Crippen MR) is 112 cm³/mol. The minimum Gasteiger partial charge on any atom is -0.462 e. The van der Waals surface area contributed by atoms with Gasteiger partial charge in [0.05, 0.1) is 17.1 Å². The number of nitro benzene ring substituents is 1. The lowest BCUT2D eigenvalue weighted by Gasteiger charge is -2.13. The van der Waals surface area contributed by atoms with Crippen LogP contribution in [0.2, 0.25) is 5.15 Å². The van der Waals surface area contributed by atoms with Gasteiger partial charge in [-0.15, -0.1) is 0 Å². The molecule has 3 rings (SSSR count). The lowest BCUT2D eigenvalue weighted by Crippen LogP contribution is -2.11. The fraction of sp³-hybridized carbons (Fsp3) is 0.143. The average molecular weight is 425 g/mol. The molecule has 1 aromatic heterocycles. The molecule has 0 fully saturated rings. The van der Waals surface area contributed by atoms with Gasteiger partial charge in [0.2, 0.25) is 0 Å². The number of nitrogens with one attached hydrogen (secondary N) is 1. The second kappa shape index (κ2) is 9.11. The highest BCUT2D eigenvalue weighted by atomic mass is 35.5. The van der Waals surface area contributed by atoms with Crippen LogP contribution in [0.15, 0.2) is 54.6 Å². The van der Waals surface area contributed by atoms with Gasteiger partial charge in [0.1, 0.15) is 22.6 Å². The SMILES string of the molecule is CCOC(=O)c1cccc([N+](=O)[O-])c1NCc1ccc(-n2c(Cl)ccc2C#N)cc1. The van der Waals surface area contributed by atoms with Crippen molar-refractivity contribution in [2.24, 2.45) is 0 Å². The number of carbonyl (C=O) groups excluding carboxylic acids is 1. The number of nitriles is 1. The van der Waals surface area contributed by atoms with Gasteiger partial charge in [-0.1, -0.05) is 29.8 Å². The van der Waals surface area contributed by atoms with Crippen LogP contribution in [0.4, 0.5) is 11.4 Å². The Kier molecular flexibility index (Phi) is 6.35. The van der Waals surface area contributed by atoms with E-state index in [1.54, 1.807) is 47.9 Å². The van der Waals surface area contributed by atoms with Crippen molar-refractivity contribution in [2.75, 3.05) is 11.9 Å². The fourth-order valence-corrected chi connectivity index (χ4v) is 3.22. The van der Waals surface area contributed by atoms with Crippen molar-refractivity contribution in [3.63, 3.8) is 0 Å². The summed E-state index contributed by atoms with van der Waals surface area (Å²) in [6.45, 7) is 2.07. The van der Waals surface area contributed by atoms with Gasteiger partial charge >= 0.3 is 5.97 Å². The molecule has 152 valence electrons. The van der Waals surface area contributed by atoms with Crippen molar-refractivity contribution in [3.8, 4) is 11.8 Å². The highest BCUT2D eigenvalue weighted by Crippen LogP contribution is 2.29. The van der Waals surface area contributed by atoms with Crippen LogP contribution in [-0.4, -0.2) is 22.1 Å². The largest absolute Gasteiger partial charge is 0.462 e. The molecule has 0 amide bonds. The van der Waals surface area contributed by atoms with E-state index in [9.17, 15) is 20.2 Å². The van der Waals surface area contributed by atoms with Gasteiger partial charge in [-0.05, 0) is 42.8 Å². The zero-order valence-corrected chi connectivity index (χ0v) is 16.7. The number of esters is 1. The molecule has 0 radical (unpaired) electrons. The molecule has 0 unspecified atom stereocenters. The van der Waals surface area contributed by atoms with Crippen LogP contribution in [0, 0.1) is 21.4 Å². The zero-order chi connectivity index (χ0) is 21.7. The van der Waals surface area contributed by atoms with Crippen molar-refractivity contribution in [1.29, 1.82) is 5.26 Å². The monoisotopic (exact) mass is 424 g/mol. The molecule has 0 saturated heterocycles. The van der Waals surface area contributed by atoms with Crippen molar-refractivity contribution in [3.05, 3.63) is 86.7 Å². The average Bonchev–Trinajstić information content (AvgIpc) is 3.13. The first-order chi connectivity index (χ1) is 14.5. The smallest absolute Gasteiger partial charge is 0.340 e. The van der Waals surface area contributed by atoms with Gasteiger partial charge in [-0.3, -0.25) is 14.7 Å². The summed E-state index contributed by atoms with van der Waals surface area (Å²) in [5, 5.41) is 24.0. The number of nitro groups is 1. The fourth-order valence-electron chi connectivity index (χ4n) is 2.97. The number of nitrogens with zero attached hydrogens (tertiary/aromatic N) is 3. The van der Waals surface area contributed by atoms with Crippen LogP contribution in [0.5, 0.6) is 0 Å². The van der Waals surface area contributed by atoms with Crippen LogP contribution >= 0.6 is 11.6 Å². The minimum atomic E-state index is -0.634. The molecule has 0 aliphatic carbocycles. The molecule has 1 heterocycles. The van der Waals surface area contributed by atoms with Gasteiger partial charge in [-0.2, -0.15) is 5.26 Å². The number of ether oxygens (including phenoxy) is 1. The topological polar surface area (TPSA) is 110 Å². The number of hydrogen-bond donors (Lipinski definition) is 1. The summed E-state index contributed by atoms with van der Waals surface area (Å²) in [7, 11) is 0. The Morgan fingerprint density at radius 3 is 2.60 bits per heavy atom. The molecular formula is C21H17ClN4O4. The summed E-state index contributed by atoms with van der Waals surface area (Å²) < 4.78 is 6.61. The summed E-state index contributed by atoms with van der Waals surface area (Å²) in [4.78, 5) is 23.0. The number of benzene rings is 2. The van der Waals surface area contributed by atoms with E-state index >= 15 is 0 Å². The summed E-state index contributed by atoms with van der Waals surface area (Å²) in [6.07, 6.45) is 0. The zero-order valence-electron chi connectivity index (χ0n) is 16.0. The summed E-state index contributed by atoms with van der Waals surface area (Å²) >= 11 is 6.15. The molecule has 0 aliphatic heterocycles. The molecular weight excluding hydrogens is 408 g/mol. The molecule has 3 aromatic rings. The quantitative estimate of drug-likeness (QED) is 0.334. The summed E-state index contributed by atoms with van der Waals surface area (Å²) in [6, 6.07) is 16.8. The van der Waals surface area contributed by atoms with E-state index in [1.165, 1.54) is 18.2 Å².